The molecule has 0 bridgehead atoms. The van der Waals surface area contributed by atoms with E-state index in [-0.39, 0.29) is 0 Å². The van der Waals surface area contributed by atoms with Gasteiger partial charge in [-0.3, -0.25) is 4.98 Å². The molecular formula is C10H12F3N. The van der Waals surface area contributed by atoms with Crippen molar-refractivity contribution in [3.8, 4) is 0 Å². The van der Waals surface area contributed by atoms with Crippen LogP contribution >= 0.6 is 0 Å². The maximum absolute atomic E-state index is 12.3. The molecule has 1 rings (SSSR count). The van der Waals surface area contributed by atoms with Crippen molar-refractivity contribution in [3.05, 3.63) is 29.6 Å². The quantitative estimate of drug-likeness (QED) is 0.718. The van der Waals surface area contributed by atoms with E-state index in [1.165, 1.54) is 6.20 Å². The van der Waals surface area contributed by atoms with Crippen LogP contribution in [0.15, 0.2) is 18.3 Å². The molecule has 0 saturated carbocycles. The Morgan fingerprint density at radius 3 is 2.50 bits per heavy atom. The van der Waals surface area contributed by atoms with Crippen LogP contribution in [0.2, 0.25) is 0 Å². The lowest BCUT2D eigenvalue weighted by atomic mass is 10.1. The predicted molar refractivity (Wildman–Crippen MR) is 47.8 cm³/mol. The van der Waals surface area contributed by atoms with Crippen molar-refractivity contribution < 1.29 is 13.2 Å². The number of rotatable bonds is 2. The summed E-state index contributed by atoms with van der Waals surface area (Å²) in [5.41, 5.74) is -0.127. The first-order valence-corrected chi connectivity index (χ1v) is 4.41. The number of hydrogen-bond acceptors (Lipinski definition) is 1. The molecule has 0 aliphatic heterocycles. The summed E-state index contributed by atoms with van der Waals surface area (Å²) < 4.78 is 36.8. The monoisotopic (exact) mass is 203 g/mol. The number of nitrogens with zero attached hydrogens (tertiary/aromatic N) is 1. The van der Waals surface area contributed by atoms with Gasteiger partial charge in [0.25, 0.3) is 0 Å². The average molecular weight is 203 g/mol. The largest absolute Gasteiger partial charge is 0.416 e. The Hall–Kier alpha value is -1.06. The molecule has 78 valence electrons. The Bertz CT molecular complexity index is 304. The number of pyridine rings is 1. The second-order valence-electron chi connectivity index (χ2n) is 3.63. The Balaban J connectivity index is 2.90. The molecular weight excluding hydrogens is 191 g/mol. The van der Waals surface area contributed by atoms with Gasteiger partial charge in [0, 0.05) is 11.9 Å². The third kappa shape index (κ3) is 3.01. The first-order valence-electron chi connectivity index (χ1n) is 4.41. The van der Waals surface area contributed by atoms with Crippen LogP contribution in [0.4, 0.5) is 13.2 Å². The first-order chi connectivity index (χ1) is 6.39. The van der Waals surface area contributed by atoms with E-state index < -0.39 is 11.7 Å². The standard InChI is InChI=1S/C10H12F3N/c1-7(2)5-9-6-8(3-4-14-9)10(11,12)13/h3-4,6-7H,5H2,1-2H3. The van der Waals surface area contributed by atoms with Gasteiger partial charge in [-0.15, -0.1) is 0 Å². The zero-order chi connectivity index (χ0) is 10.8. The summed E-state index contributed by atoms with van der Waals surface area (Å²) >= 11 is 0. The summed E-state index contributed by atoms with van der Waals surface area (Å²) in [6, 6.07) is 2.10. The fourth-order valence-corrected chi connectivity index (χ4v) is 1.18. The summed E-state index contributed by atoms with van der Waals surface area (Å²) in [7, 11) is 0. The van der Waals surface area contributed by atoms with Crippen molar-refractivity contribution >= 4 is 0 Å². The van der Waals surface area contributed by atoms with Crippen LogP contribution in [0.1, 0.15) is 25.1 Å². The zero-order valence-electron chi connectivity index (χ0n) is 8.10. The Labute approximate surface area is 81.0 Å². The fourth-order valence-electron chi connectivity index (χ4n) is 1.18. The molecule has 0 saturated heterocycles. The number of hydrogen-bond donors (Lipinski definition) is 0. The number of aromatic nitrogens is 1. The van der Waals surface area contributed by atoms with Crippen LogP contribution in [0.5, 0.6) is 0 Å². The molecule has 0 fully saturated rings. The maximum atomic E-state index is 12.3. The topological polar surface area (TPSA) is 12.9 Å². The summed E-state index contributed by atoms with van der Waals surface area (Å²) in [5, 5.41) is 0. The molecule has 0 amide bonds. The van der Waals surface area contributed by atoms with E-state index in [2.05, 4.69) is 4.98 Å². The van der Waals surface area contributed by atoms with E-state index in [0.29, 0.717) is 18.0 Å². The van der Waals surface area contributed by atoms with E-state index in [1.54, 1.807) is 0 Å². The number of halogens is 3. The highest BCUT2D eigenvalue weighted by Gasteiger charge is 2.30. The van der Waals surface area contributed by atoms with Crippen LogP contribution in [0.25, 0.3) is 0 Å². The van der Waals surface area contributed by atoms with E-state index in [0.717, 1.165) is 12.1 Å². The van der Waals surface area contributed by atoms with E-state index in [1.807, 2.05) is 13.8 Å². The summed E-state index contributed by atoms with van der Waals surface area (Å²) in [6.07, 6.45) is -2.49. The van der Waals surface area contributed by atoms with Crippen LogP contribution < -0.4 is 0 Å². The van der Waals surface area contributed by atoms with Gasteiger partial charge >= 0.3 is 6.18 Å². The van der Waals surface area contributed by atoms with Crippen molar-refractivity contribution in [2.24, 2.45) is 5.92 Å². The molecule has 0 unspecified atom stereocenters. The molecule has 0 aliphatic rings. The van der Waals surface area contributed by atoms with Gasteiger partial charge in [0.05, 0.1) is 5.56 Å². The SMILES string of the molecule is CC(C)Cc1cc(C(F)(F)F)ccn1. The van der Waals surface area contributed by atoms with Crippen molar-refractivity contribution in [2.45, 2.75) is 26.4 Å². The molecule has 4 heteroatoms. The lowest BCUT2D eigenvalue weighted by Gasteiger charge is -2.09. The molecule has 0 aromatic carbocycles. The minimum Gasteiger partial charge on any atom is -0.261 e. The molecule has 1 nitrogen and oxygen atoms in total. The van der Waals surface area contributed by atoms with Gasteiger partial charge in [-0.25, -0.2) is 0 Å². The van der Waals surface area contributed by atoms with E-state index >= 15 is 0 Å². The first kappa shape index (κ1) is 11.0. The van der Waals surface area contributed by atoms with Crippen molar-refractivity contribution in [1.82, 2.24) is 4.98 Å². The predicted octanol–water partition coefficient (Wildman–Crippen LogP) is 3.30. The zero-order valence-corrected chi connectivity index (χ0v) is 8.10. The van der Waals surface area contributed by atoms with Crippen LogP contribution in [0.3, 0.4) is 0 Å². The molecule has 0 atom stereocenters. The van der Waals surface area contributed by atoms with Gasteiger partial charge < -0.3 is 0 Å². The van der Waals surface area contributed by atoms with Crippen LogP contribution in [-0.4, -0.2) is 4.98 Å². The van der Waals surface area contributed by atoms with E-state index in [4.69, 9.17) is 0 Å². The van der Waals surface area contributed by atoms with Gasteiger partial charge in [0.1, 0.15) is 0 Å². The van der Waals surface area contributed by atoms with Crippen molar-refractivity contribution in [1.29, 1.82) is 0 Å². The molecule has 14 heavy (non-hydrogen) atoms. The highest BCUT2D eigenvalue weighted by Crippen LogP contribution is 2.29. The van der Waals surface area contributed by atoms with Crippen LogP contribution in [-0.2, 0) is 12.6 Å². The maximum Gasteiger partial charge on any atom is 0.416 e. The number of alkyl halides is 3. The third-order valence-electron chi connectivity index (χ3n) is 1.76. The smallest absolute Gasteiger partial charge is 0.261 e. The van der Waals surface area contributed by atoms with Crippen molar-refractivity contribution in [2.75, 3.05) is 0 Å². The van der Waals surface area contributed by atoms with Gasteiger partial charge in [0.15, 0.2) is 0 Å². The minimum absolute atomic E-state index is 0.311. The Morgan fingerprint density at radius 1 is 1.36 bits per heavy atom. The molecule has 0 radical (unpaired) electrons. The highest BCUT2D eigenvalue weighted by molar-refractivity contribution is 5.19. The molecule has 0 spiro atoms. The lowest BCUT2D eigenvalue weighted by Crippen LogP contribution is -2.07. The molecule has 1 aromatic rings. The van der Waals surface area contributed by atoms with Crippen LogP contribution in [0, 0.1) is 5.92 Å². The molecule has 1 aromatic heterocycles. The molecule has 0 N–H and O–H groups in total. The van der Waals surface area contributed by atoms with Gasteiger partial charge in [0.2, 0.25) is 0 Å². The van der Waals surface area contributed by atoms with Crippen molar-refractivity contribution in [3.63, 3.8) is 0 Å². The summed E-state index contributed by atoms with van der Waals surface area (Å²) in [6.45, 7) is 3.89. The average Bonchev–Trinajstić information content (AvgIpc) is 2.01. The lowest BCUT2D eigenvalue weighted by molar-refractivity contribution is -0.137. The second-order valence-corrected chi connectivity index (χ2v) is 3.63. The minimum atomic E-state index is -4.27. The molecule has 0 aliphatic carbocycles. The third-order valence-corrected chi connectivity index (χ3v) is 1.76. The Morgan fingerprint density at radius 2 is 2.00 bits per heavy atom. The van der Waals surface area contributed by atoms with Gasteiger partial charge in [-0.05, 0) is 24.5 Å². The normalized spacial score (nSPS) is 12.1. The second kappa shape index (κ2) is 3.98. The van der Waals surface area contributed by atoms with Gasteiger partial charge in [-0.1, -0.05) is 13.8 Å². The highest BCUT2D eigenvalue weighted by atomic mass is 19.4. The summed E-state index contributed by atoms with van der Waals surface area (Å²) in [4.78, 5) is 3.89. The fraction of sp³-hybridized carbons (Fsp3) is 0.500. The van der Waals surface area contributed by atoms with E-state index in [9.17, 15) is 13.2 Å². The van der Waals surface area contributed by atoms with Gasteiger partial charge in [-0.2, -0.15) is 13.2 Å². The Kier molecular flexibility index (Phi) is 3.13. The molecule has 1 heterocycles. The summed E-state index contributed by atoms with van der Waals surface area (Å²) in [5.74, 6) is 0.311.